The van der Waals surface area contributed by atoms with Gasteiger partial charge in [0.2, 0.25) is 0 Å². The molecule has 0 saturated carbocycles. The Morgan fingerprint density at radius 3 is 2.69 bits per heavy atom. The third-order valence-electron chi connectivity index (χ3n) is 4.78. The lowest BCUT2D eigenvalue weighted by Crippen LogP contribution is -2.41. The minimum absolute atomic E-state index is 0.0579. The fourth-order valence-electron chi connectivity index (χ4n) is 3.13. The van der Waals surface area contributed by atoms with Crippen molar-refractivity contribution in [2.45, 2.75) is 19.9 Å². The van der Waals surface area contributed by atoms with Crippen LogP contribution in [0.4, 0.5) is 5.82 Å². The van der Waals surface area contributed by atoms with Gasteiger partial charge in [-0.25, -0.2) is 0 Å². The topological polar surface area (TPSA) is 74.1 Å². The van der Waals surface area contributed by atoms with Gasteiger partial charge in [0.15, 0.2) is 5.82 Å². The second-order valence-corrected chi connectivity index (χ2v) is 6.72. The molecule has 0 bridgehead atoms. The van der Waals surface area contributed by atoms with Crippen LogP contribution in [-0.4, -0.2) is 47.9 Å². The highest BCUT2D eigenvalue weighted by atomic mass is 35.5. The number of anilines is 1. The molecule has 3 rings (SSSR count). The summed E-state index contributed by atoms with van der Waals surface area (Å²) in [6.07, 6.45) is 0. The molecule has 1 aromatic carbocycles. The summed E-state index contributed by atoms with van der Waals surface area (Å²) in [7, 11) is 0. The van der Waals surface area contributed by atoms with Crippen LogP contribution in [0.2, 0.25) is 5.02 Å². The molecule has 1 saturated heterocycles. The lowest BCUT2D eigenvalue weighted by molar-refractivity contribution is 0.0187. The standard InChI is InChI=1S/C19H22ClN5O/c1-13-14(2)23-24-19(16(13)11-21)22-12-18(25-7-9-26-10-8-25)15-5-3-4-6-17(15)20/h3-6,18H,7-10,12H2,1-2H3,(H,22,24)/t18-/m1/s1. The number of morpholine rings is 1. The minimum Gasteiger partial charge on any atom is -0.379 e. The van der Waals surface area contributed by atoms with Gasteiger partial charge in [-0.1, -0.05) is 29.8 Å². The highest BCUT2D eigenvalue weighted by molar-refractivity contribution is 6.31. The zero-order valence-corrected chi connectivity index (χ0v) is 15.8. The van der Waals surface area contributed by atoms with Crippen LogP contribution in [0.25, 0.3) is 0 Å². The molecule has 0 amide bonds. The highest BCUT2D eigenvalue weighted by Gasteiger charge is 2.25. The molecule has 1 aliphatic rings. The van der Waals surface area contributed by atoms with Crippen LogP contribution < -0.4 is 5.32 Å². The van der Waals surface area contributed by atoms with Crippen molar-refractivity contribution < 1.29 is 4.74 Å². The van der Waals surface area contributed by atoms with E-state index in [2.05, 4.69) is 26.5 Å². The third-order valence-corrected chi connectivity index (χ3v) is 5.12. The number of ether oxygens (including phenoxy) is 1. The molecule has 0 aliphatic carbocycles. The van der Waals surface area contributed by atoms with Crippen molar-refractivity contribution in [1.82, 2.24) is 15.1 Å². The molecule has 1 fully saturated rings. The van der Waals surface area contributed by atoms with Crippen LogP contribution >= 0.6 is 11.6 Å². The van der Waals surface area contributed by atoms with Crippen molar-refractivity contribution in [3.8, 4) is 6.07 Å². The summed E-state index contributed by atoms with van der Waals surface area (Å²) < 4.78 is 5.48. The summed E-state index contributed by atoms with van der Waals surface area (Å²) in [5.74, 6) is 0.515. The van der Waals surface area contributed by atoms with Crippen LogP contribution in [0.15, 0.2) is 24.3 Å². The second-order valence-electron chi connectivity index (χ2n) is 6.31. The molecule has 0 spiro atoms. The van der Waals surface area contributed by atoms with Gasteiger partial charge in [-0.3, -0.25) is 4.90 Å². The second kappa shape index (κ2) is 8.45. The number of nitriles is 1. The summed E-state index contributed by atoms with van der Waals surface area (Å²) >= 11 is 6.46. The number of benzene rings is 1. The Bertz CT molecular complexity index is 814. The summed E-state index contributed by atoms with van der Waals surface area (Å²) in [4.78, 5) is 2.35. The summed E-state index contributed by atoms with van der Waals surface area (Å²) in [5.41, 5.74) is 3.21. The van der Waals surface area contributed by atoms with E-state index in [0.717, 1.165) is 34.9 Å². The number of nitrogens with zero attached hydrogens (tertiary/aromatic N) is 4. The first-order valence-electron chi connectivity index (χ1n) is 8.66. The van der Waals surface area contributed by atoms with Crippen LogP contribution in [-0.2, 0) is 4.74 Å². The number of aryl methyl sites for hydroxylation is 1. The first kappa shape index (κ1) is 18.6. The molecule has 7 heteroatoms. The van der Waals surface area contributed by atoms with Crippen LogP contribution in [0.3, 0.4) is 0 Å². The number of hydrogen-bond acceptors (Lipinski definition) is 6. The number of nitrogens with one attached hydrogen (secondary N) is 1. The van der Waals surface area contributed by atoms with E-state index in [-0.39, 0.29) is 6.04 Å². The maximum absolute atomic E-state index is 9.49. The zero-order valence-electron chi connectivity index (χ0n) is 15.0. The van der Waals surface area contributed by atoms with Crippen molar-refractivity contribution in [2.75, 3.05) is 38.2 Å². The van der Waals surface area contributed by atoms with E-state index in [1.165, 1.54) is 0 Å². The summed E-state index contributed by atoms with van der Waals surface area (Å²) in [5, 5.41) is 21.9. The molecule has 26 heavy (non-hydrogen) atoms. The predicted octanol–water partition coefficient (Wildman–Crippen LogP) is 3.10. The maximum atomic E-state index is 9.49. The van der Waals surface area contributed by atoms with Crippen LogP contribution in [0, 0.1) is 25.2 Å². The monoisotopic (exact) mass is 371 g/mol. The van der Waals surface area contributed by atoms with E-state index < -0.39 is 0 Å². The molecule has 1 aliphatic heterocycles. The van der Waals surface area contributed by atoms with E-state index in [9.17, 15) is 5.26 Å². The number of halogens is 1. The van der Waals surface area contributed by atoms with Crippen molar-refractivity contribution >= 4 is 17.4 Å². The van der Waals surface area contributed by atoms with Crippen molar-refractivity contribution in [2.24, 2.45) is 0 Å². The zero-order chi connectivity index (χ0) is 18.5. The van der Waals surface area contributed by atoms with Gasteiger partial charge in [-0.15, -0.1) is 5.10 Å². The molecule has 0 radical (unpaired) electrons. The molecular weight excluding hydrogens is 350 g/mol. The van der Waals surface area contributed by atoms with E-state index in [1.807, 2.05) is 38.1 Å². The van der Waals surface area contributed by atoms with Gasteiger partial charge in [0.1, 0.15) is 11.6 Å². The lowest BCUT2D eigenvalue weighted by atomic mass is 10.0. The maximum Gasteiger partial charge on any atom is 0.167 e. The van der Waals surface area contributed by atoms with E-state index in [0.29, 0.717) is 31.1 Å². The van der Waals surface area contributed by atoms with Gasteiger partial charge in [0.05, 0.1) is 24.9 Å². The first-order chi connectivity index (χ1) is 12.6. The van der Waals surface area contributed by atoms with Crippen LogP contribution in [0.5, 0.6) is 0 Å². The number of aromatic nitrogens is 2. The highest BCUT2D eigenvalue weighted by Crippen LogP contribution is 2.29. The number of hydrogen-bond donors (Lipinski definition) is 1. The lowest BCUT2D eigenvalue weighted by Gasteiger charge is -2.35. The molecule has 2 heterocycles. The Morgan fingerprint density at radius 2 is 2.00 bits per heavy atom. The molecule has 0 unspecified atom stereocenters. The molecule has 2 aromatic rings. The SMILES string of the molecule is Cc1nnc(NC[C@H](c2ccccc2Cl)N2CCOCC2)c(C#N)c1C. The molecule has 1 N–H and O–H groups in total. The smallest absolute Gasteiger partial charge is 0.167 e. The summed E-state index contributed by atoms with van der Waals surface area (Å²) in [6, 6.07) is 10.2. The average Bonchev–Trinajstić information content (AvgIpc) is 2.67. The Morgan fingerprint density at radius 1 is 1.27 bits per heavy atom. The quantitative estimate of drug-likeness (QED) is 0.870. The molecule has 6 nitrogen and oxygen atoms in total. The Kier molecular flexibility index (Phi) is 6.04. The fourth-order valence-corrected chi connectivity index (χ4v) is 3.39. The van der Waals surface area contributed by atoms with Gasteiger partial charge >= 0.3 is 0 Å². The minimum atomic E-state index is 0.0579. The van der Waals surface area contributed by atoms with E-state index in [1.54, 1.807) is 0 Å². The first-order valence-corrected chi connectivity index (χ1v) is 9.03. The van der Waals surface area contributed by atoms with Gasteiger partial charge in [0.25, 0.3) is 0 Å². The van der Waals surface area contributed by atoms with Crippen molar-refractivity contribution in [3.05, 3.63) is 51.7 Å². The Labute approximate surface area is 158 Å². The van der Waals surface area contributed by atoms with Gasteiger partial charge in [-0.2, -0.15) is 10.4 Å². The van der Waals surface area contributed by atoms with Gasteiger partial charge in [-0.05, 0) is 31.0 Å². The van der Waals surface area contributed by atoms with Crippen molar-refractivity contribution in [1.29, 1.82) is 5.26 Å². The Hall–Kier alpha value is -2.20. The summed E-state index contributed by atoms with van der Waals surface area (Å²) in [6.45, 7) is 7.40. The largest absolute Gasteiger partial charge is 0.379 e. The normalized spacial score (nSPS) is 16.1. The van der Waals surface area contributed by atoms with Gasteiger partial charge < -0.3 is 10.1 Å². The Balaban J connectivity index is 1.86. The third kappa shape index (κ3) is 3.96. The van der Waals surface area contributed by atoms with Crippen molar-refractivity contribution in [3.63, 3.8) is 0 Å². The van der Waals surface area contributed by atoms with Crippen LogP contribution in [0.1, 0.15) is 28.4 Å². The average molecular weight is 372 g/mol. The number of rotatable bonds is 5. The predicted molar refractivity (Wildman–Crippen MR) is 101 cm³/mol. The molecule has 1 atom stereocenters. The van der Waals surface area contributed by atoms with E-state index >= 15 is 0 Å². The molecule has 136 valence electrons. The molecule has 1 aromatic heterocycles. The van der Waals surface area contributed by atoms with Gasteiger partial charge in [0, 0.05) is 24.7 Å². The fraction of sp³-hybridized carbons (Fsp3) is 0.421. The van der Waals surface area contributed by atoms with E-state index in [4.69, 9.17) is 16.3 Å². The molecular formula is C19H22ClN5O.